The number of amides is 1. The van der Waals surface area contributed by atoms with E-state index in [0.717, 1.165) is 0 Å². The van der Waals surface area contributed by atoms with Gasteiger partial charge in [-0.2, -0.15) is 13.2 Å². The molecule has 0 saturated carbocycles. The van der Waals surface area contributed by atoms with E-state index in [2.05, 4.69) is 10.6 Å². The lowest BCUT2D eigenvalue weighted by atomic mass is 10.2. The van der Waals surface area contributed by atoms with E-state index in [9.17, 15) is 18.0 Å². The molecule has 0 unspecified atom stereocenters. The van der Waals surface area contributed by atoms with E-state index in [1.807, 2.05) is 0 Å². The minimum absolute atomic E-state index is 0.164. The predicted molar refractivity (Wildman–Crippen MR) is 59.9 cm³/mol. The summed E-state index contributed by atoms with van der Waals surface area (Å²) in [6, 6.07) is 6.47. The molecular weight excluding hydrogens is 233 g/mol. The van der Waals surface area contributed by atoms with Crippen molar-refractivity contribution in [2.75, 3.05) is 17.2 Å². The van der Waals surface area contributed by atoms with Crippen molar-refractivity contribution in [2.24, 2.45) is 0 Å². The van der Waals surface area contributed by atoms with Gasteiger partial charge in [0.05, 0.1) is 6.42 Å². The molecule has 94 valence electrons. The highest BCUT2D eigenvalue weighted by Gasteiger charge is 2.25. The van der Waals surface area contributed by atoms with Gasteiger partial charge in [0.15, 0.2) is 0 Å². The Morgan fingerprint density at radius 3 is 2.18 bits per heavy atom. The maximum atomic E-state index is 11.9. The fourth-order valence-electron chi connectivity index (χ4n) is 1.22. The molecule has 0 bridgehead atoms. The van der Waals surface area contributed by atoms with E-state index in [1.165, 1.54) is 6.92 Å². The van der Waals surface area contributed by atoms with Gasteiger partial charge in [-0.3, -0.25) is 4.79 Å². The number of carbonyl (C=O) groups excluding carboxylic acids is 1. The number of carbonyl (C=O) groups is 1. The first-order valence-corrected chi connectivity index (χ1v) is 5.05. The molecule has 17 heavy (non-hydrogen) atoms. The fraction of sp³-hybridized carbons (Fsp3) is 0.364. The van der Waals surface area contributed by atoms with Crippen molar-refractivity contribution in [3.63, 3.8) is 0 Å². The number of hydrogen-bond acceptors (Lipinski definition) is 2. The Bertz CT molecular complexity index is 373. The van der Waals surface area contributed by atoms with E-state index in [1.54, 1.807) is 24.3 Å². The van der Waals surface area contributed by atoms with Crippen molar-refractivity contribution in [1.82, 2.24) is 0 Å². The van der Waals surface area contributed by atoms with Gasteiger partial charge in [-0.25, -0.2) is 0 Å². The van der Waals surface area contributed by atoms with Crippen LogP contribution in [0.2, 0.25) is 0 Å². The van der Waals surface area contributed by atoms with Gasteiger partial charge in [-0.15, -0.1) is 0 Å². The lowest BCUT2D eigenvalue weighted by Crippen LogP contribution is -2.14. The monoisotopic (exact) mass is 246 g/mol. The Labute approximate surface area is 97.0 Å². The molecule has 0 fully saturated rings. The molecule has 0 aliphatic rings. The lowest BCUT2D eigenvalue weighted by molar-refractivity contribution is -0.131. The van der Waals surface area contributed by atoms with Crippen molar-refractivity contribution >= 4 is 17.3 Å². The Morgan fingerprint density at radius 2 is 1.71 bits per heavy atom. The number of rotatable bonds is 4. The summed E-state index contributed by atoms with van der Waals surface area (Å²) in [5.41, 5.74) is 1.20. The molecule has 1 amide bonds. The molecule has 0 aliphatic heterocycles. The van der Waals surface area contributed by atoms with Crippen LogP contribution in [-0.4, -0.2) is 18.6 Å². The summed E-state index contributed by atoms with van der Waals surface area (Å²) in [5.74, 6) is -0.192. The van der Waals surface area contributed by atoms with Gasteiger partial charge < -0.3 is 10.6 Å². The van der Waals surface area contributed by atoms with Crippen LogP contribution in [0.3, 0.4) is 0 Å². The first kappa shape index (κ1) is 13.3. The van der Waals surface area contributed by atoms with Gasteiger partial charge in [-0.1, -0.05) is 0 Å². The summed E-state index contributed by atoms with van der Waals surface area (Å²) in [5, 5.41) is 5.21. The normalized spacial score (nSPS) is 11.1. The van der Waals surface area contributed by atoms with Gasteiger partial charge in [0.25, 0.3) is 0 Å². The smallest absolute Gasteiger partial charge is 0.385 e. The van der Waals surface area contributed by atoms with E-state index in [-0.39, 0.29) is 12.5 Å². The number of hydrogen-bond donors (Lipinski definition) is 2. The first-order valence-electron chi connectivity index (χ1n) is 5.05. The van der Waals surface area contributed by atoms with Crippen molar-refractivity contribution in [3.8, 4) is 0 Å². The number of alkyl halides is 3. The van der Waals surface area contributed by atoms with Crippen LogP contribution in [0.25, 0.3) is 0 Å². The maximum Gasteiger partial charge on any atom is 0.390 e. The summed E-state index contributed by atoms with van der Waals surface area (Å²) in [6.07, 6.45) is -5.02. The number of nitrogens with one attached hydrogen (secondary N) is 2. The molecule has 0 aromatic heterocycles. The highest BCUT2D eigenvalue weighted by Crippen LogP contribution is 2.20. The van der Waals surface area contributed by atoms with Crippen LogP contribution in [0.4, 0.5) is 24.5 Å². The Balaban J connectivity index is 2.43. The zero-order valence-corrected chi connectivity index (χ0v) is 9.27. The largest absolute Gasteiger partial charge is 0.390 e. The third-order valence-electron chi connectivity index (χ3n) is 1.94. The average Bonchev–Trinajstić information content (AvgIpc) is 2.18. The van der Waals surface area contributed by atoms with E-state index >= 15 is 0 Å². The molecule has 0 heterocycles. The molecule has 0 aliphatic carbocycles. The van der Waals surface area contributed by atoms with Gasteiger partial charge >= 0.3 is 6.18 Å². The second-order valence-electron chi connectivity index (χ2n) is 3.55. The minimum atomic E-state index is -4.15. The summed E-state index contributed by atoms with van der Waals surface area (Å²) >= 11 is 0. The van der Waals surface area contributed by atoms with Crippen LogP contribution in [-0.2, 0) is 4.79 Å². The zero-order chi connectivity index (χ0) is 12.9. The summed E-state index contributed by atoms with van der Waals surface area (Å²) in [7, 11) is 0. The predicted octanol–water partition coefficient (Wildman–Crippen LogP) is 3.01. The van der Waals surface area contributed by atoms with Crippen molar-refractivity contribution in [1.29, 1.82) is 0 Å². The van der Waals surface area contributed by atoms with E-state index in [0.29, 0.717) is 11.4 Å². The Kier molecular flexibility index (Phi) is 4.37. The lowest BCUT2D eigenvalue weighted by Gasteiger charge is -2.09. The molecule has 1 aromatic carbocycles. The number of benzene rings is 1. The molecule has 2 N–H and O–H groups in total. The van der Waals surface area contributed by atoms with Crippen LogP contribution in [0.5, 0.6) is 0 Å². The molecule has 1 aromatic rings. The average molecular weight is 246 g/mol. The summed E-state index contributed by atoms with van der Waals surface area (Å²) < 4.78 is 35.6. The van der Waals surface area contributed by atoms with Crippen molar-refractivity contribution in [2.45, 2.75) is 19.5 Å². The van der Waals surface area contributed by atoms with Gasteiger partial charge in [0.2, 0.25) is 5.91 Å². The Morgan fingerprint density at radius 1 is 1.18 bits per heavy atom. The van der Waals surface area contributed by atoms with Crippen LogP contribution in [0.1, 0.15) is 13.3 Å². The minimum Gasteiger partial charge on any atom is -0.385 e. The van der Waals surface area contributed by atoms with Gasteiger partial charge in [0, 0.05) is 24.8 Å². The van der Waals surface area contributed by atoms with Gasteiger partial charge in [-0.05, 0) is 24.3 Å². The van der Waals surface area contributed by atoms with Gasteiger partial charge in [0.1, 0.15) is 0 Å². The standard InChI is InChI=1S/C11H13F3N2O/c1-8(17)16-10-4-2-9(3-5-10)15-7-6-11(12,13)14/h2-5,15H,6-7H2,1H3,(H,16,17). The van der Waals surface area contributed by atoms with Crippen LogP contribution >= 0.6 is 0 Å². The maximum absolute atomic E-state index is 11.9. The second-order valence-corrected chi connectivity index (χ2v) is 3.55. The van der Waals surface area contributed by atoms with Crippen LogP contribution in [0, 0.1) is 0 Å². The molecule has 0 spiro atoms. The number of anilines is 2. The molecule has 6 heteroatoms. The zero-order valence-electron chi connectivity index (χ0n) is 9.27. The second kappa shape index (κ2) is 5.56. The highest BCUT2D eigenvalue weighted by atomic mass is 19.4. The van der Waals surface area contributed by atoms with Crippen LogP contribution in [0.15, 0.2) is 24.3 Å². The molecule has 1 rings (SSSR count). The summed E-state index contributed by atoms with van der Waals surface area (Å²) in [6.45, 7) is 1.22. The van der Waals surface area contributed by atoms with E-state index < -0.39 is 12.6 Å². The first-order chi connectivity index (χ1) is 7.87. The molecule has 0 radical (unpaired) electrons. The molecule has 0 atom stereocenters. The number of halogens is 3. The van der Waals surface area contributed by atoms with Crippen LogP contribution < -0.4 is 10.6 Å². The Hall–Kier alpha value is -1.72. The fourth-order valence-corrected chi connectivity index (χ4v) is 1.22. The van der Waals surface area contributed by atoms with E-state index in [4.69, 9.17) is 0 Å². The summed E-state index contributed by atoms with van der Waals surface area (Å²) in [4.78, 5) is 10.7. The third kappa shape index (κ3) is 5.79. The topological polar surface area (TPSA) is 41.1 Å². The quantitative estimate of drug-likeness (QED) is 0.857. The molecular formula is C11H13F3N2O. The molecule has 3 nitrogen and oxygen atoms in total. The van der Waals surface area contributed by atoms with Crippen molar-refractivity contribution < 1.29 is 18.0 Å². The SMILES string of the molecule is CC(=O)Nc1ccc(NCCC(F)(F)F)cc1. The molecule has 0 saturated heterocycles. The third-order valence-corrected chi connectivity index (χ3v) is 1.94. The van der Waals surface area contributed by atoms with Crippen molar-refractivity contribution in [3.05, 3.63) is 24.3 Å². The highest BCUT2D eigenvalue weighted by molar-refractivity contribution is 5.88.